The van der Waals surface area contributed by atoms with E-state index in [2.05, 4.69) is 29.1 Å². The number of aromatic nitrogens is 2. The average molecular weight is 312 g/mol. The lowest BCUT2D eigenvalue weighted by molar-refractivity contribution is 0.0673. The van der Waals surface area contributed by atoms with Gasteiger partial charge in [0.05, 0.1) is 6.20 Å². The van der Waals surface area contributed by atoms with E-state index >= 15 is 0 Å². The molecule has 1 aromatic carbocycles. The maximum absolute atomic E-state index is 12.7. The van der Waals surface area contributed by atoms with Gasteiger partial charge in [0.2, 0.25) is 5.88 Å². The van der Waals surface area contributed by atoms with E-state index in [9.17, 15) is 4.79 Å². The Morgan fingerprint density at radius 1 is 1.26 bits per heavy atom. The molecule has 2 atom stereocenters. The summed E-state index contributed by atoms with van der Waals surface area (Å²) in [7, 11) is 0. The van der Waals surface area contributed by atoms with E-state index in [1.165, 1.54) is 6.20 Å². The van der Waals surface area contributed by atoms with Crippen molar-refractivity contribution in [2.24, 2.45) is 0 Å². The second-order valence-corrected chi connectivity index (χ2v) is 5.85. The topological polar surface area (TPSA) is 67.4 Å². The van der Waals surface area contributed by atoms with Gasteiger partial charge in [-0.2, -0.15) is 0 Å². The van der Waals surface area contributed by atoms with Gasteiger partial charge in [-0.05, 0) is 32.0 Å². The third kappa shape index (κ3) is 3.84. The standard InChI is InChI=1S/C17H20N4O2/c1-12-10-21(11-13(2)20-12)17(22)14-4-3-5-15(8-14)23-16-9-18-6-7-19-16/h3-9,12-13,20H,10-11H2,1-2H3/t12-,13+. The smallest absolute Gasteiger partial charge is 0.254 e. The minimum Gasteiger partial charge on any atom is -0.437 e. The van der Waals surface area contributed by atoms with E-state index in [1.54, 1.807) is 24.5 Å². The van der Waals surface area contributed by atoms with Crippen LogP contribution in [0.1, 0.15) is 24.2 Å². The highest BCUT2D eigenvalue weighted by molar-refractivity contribution is 5.94. The van der Waals surface area contributed by atoms with Crippen LogP contribution < -0.4 is 10.1 Å². The van der Waals surface area contributed by atoms with Gasteiger partial charge >= 0.3 is 0 Å². The molecule has 1 N–H and O–H groups in total. The molecule has 1 fully saturated rings. The van der Waals surface area contributed by atoms with Crippen molar-refractivity contribution in [1.29, 1.82) is 0 Å². The monoisotopic (exact) mass is 312 g/mol. The maximum Gasteiger partial charge on any atom is 0.254 e. The van der Waals surface area contributed by atoms with Crippen LogP contribution in [-0.2, 0) is 0 Å². The summed E-state index contributed by atoms with van der Waals surface area (Å²) in [6.07, 6.45) is 4.68. The number of carbonyl (C=O) groups excluding carboxylic acids is 1. The van der Waals surface area contributed by atoms with E-state index in [4.69, 9.17) is 4.74 Å². The number of hydrogen-bond acceptors (Lipinski definition) is 5. The van der Waals surface area contributed by atoms with Gasteiger partial charge in [0.1, 0.15) is 5.75 Å². The molecular formula is C17H20N4O2. The minimum absolute atomic E-state index is 0.0230. The Hall–Kier alpha value is -2.47. The molecule has 2 heterocycles. The van der Waals surface area contributed by atoms with Crippen molar-refractivity contribution < 1.29 is 9.53 Å². The summed E-state index contributed by atoms with van der Waals surface area (Å²) in [4.78, 5) is 22.6. The predicted octanol–water partition coefficient (Wildman–Crippen LogP) is 2.09. The van der Waals surface area contributed by atoms with Gasteiger partial charge in [-0.1, -0.05) is 6.07 Å². The van der Waals surface area contributed by atoms with Crippen molar-refractivity contribution in [2.45, 2.75) is 25.9 Å². The SMILES string of the molecule is C[C@@H]1CN(C(=O)c2cccc(Oc3cnccn3)c2)C[C@H](C)N1. The van der Waals surface area contributed by atoms with Gasteiger partial charge in [0, 0.05) is 43.1 Å². The summed E-state index contributed by atoms with van der Waals surface area (Å²) in [5, 5.41) is 3.43. The zero-order chi connectivity index (χ0) is 16.2. The van der Waals surface area contributed by atoms with E-state index in [1.807, 2.05) is 17.0 Å². The van der Waals surface area contributed by atoms with Crippen LogP contribution in [-0.4, -0.2) is 45.9 Å². The highest BCUT2D eigenvalue weighted by Gasteiger charge is 2.25. The molecular weight excluding hydrogens is 292 g/mol. The molecule has 0 radical (unpaired) electrons. The molecule has 0 bridgehead atoms. The van der Waals surface area contributed by atoms with Crippen molar-refractivity contribution >= 4 is 5.91 Å². The van der Waals surface area contributed by atoms with Crippen molar-refractivity contribution in [1.82, 2.24) is 20.2 Å². The summed E-state index contributed by atoms with van der Waals surface area (Å²) >= 11 is 0. The largest absolute Gasteiger partial charge is 0.437 e. The Morgan fingerprint density at radius 2 is 2.04 bits per heavy atom. The number of hydrogen-bond donors (Lipinski definition) is 1. The van der Waals surface area contributed by atoms with Gasteiger partial charge in [-0.3, -0.25) is 9.78 Å². The highest BCUT2D eigenvalue weighted by Crippen LogP contribution is 2.21. The molecule has 6 heteroatoms. The molecule has 1 saturated heterocycles. The van der Waals surface area contributed by atoms with Crippen LogP contribution in [0.2, 0.25) is 0 Å². The quantitative estimate of drug-likeness (QED) is 0.940. The average Bonchev–Trinajstić information content (AvgIpc) is 2.54. The Labute approximate surface area is 135 Å². The Bertz CT molecular complexity index is 667. The second kappa shape index (κ2) is 6.75. The Balaban J connectivity index is 1.75. The fourth-order valence-corrected chi connectivity index (χ4v) is 2.83. The van der Waals surface area contributed by atoms with Gasteiger partial charge in [0.15, 0.2) is 0 Å². The molecule has 23 heavy (non-hydrogen) atoms. The number of ether oxygens (including phenoxy) is 1. The van der Waals surface area contributed by atoms with Gasteiger partial charge in [-0.25, -0.2) is 4.98 Å². The number of amides is 1. The highest BCUT2D eigenvalue weighted by atomic mass is 16.5. The van der Waals surface area contributed by atoms with E-state index in [0.29, 0.717) is 42.4 Å². The summed E-state index contributed by atoms with van der Waals surface area (Å²) in [5.41, 5.74) is 0.618. The number of benzene rings is 1. The Kier molecular flexibility index (Phi) is 4.52. The van der Waals surface area contributed by atoms with Gasteiger partial charge < -0.3 is 15.0 Å². The van der Waals surface area contributed by atoms with Gasteiger partial charge in [-0.15, -0.1) is 0 Å². The summed E-state index contributed by atoms with van der Waals surface area (Å²) in [6, 6.07) is 7.75. The molecule has 2 aromatic rings. The summed E-state index contributed by atoms with van der Waals surface area (Å²) in [5.74, 6) is 1.00. The fourth-order valence-electron chi connectivity index (χ4n) is 2.83. The van der Waals surface area contributed by atoms with Crippen molar-refractivity contribution in [2.75, 3.05) is 13.1 Å². The zero-order valence-electron chi connectivity index (χ0n) is 13.3. The lowest BCUT2D eigenvalue weighted by Gasteiger charge is -2.36. The van der Waals surface area contributed by atoms with E-state index in [0.717, 1.165) is 0 Å². The third-order valence-electron chi connectivity index (χ3n) is 3.69. The number of carbonyl (C=O) groups is 1. The Morgan fingerprint density at radius 3 is 2.74 bits per heavy atom. The van der Waals surface area contributed by atoms with Crippen molar-refractivity contribution in [3.63, 3.8) is 0 Å². The maximum atomic E-state index is 12.7. The van der Waals surface area contributed by atoms with Crippen LogP contribution in [0.5, 0.6) is 11.6 Å². The first kappa shape index (κ1) is 15.4. The van der Waals surface area contributed by atoms with Crippen LogP contribution >= 0.6 is 0 Å². The summed E-state index contributed by atoms with van der Waals surface area (Å²) < 4.78 is 5.64. The predicted molar refractivity (Wildman–Crippen MR) is 86.5 cm³/mol. The molecule has 6 nitrogen and oxygen atoms in total. The van der Waals surface area contributed by atoms with Crippen LogP contribution in [0, 0.1) is 0 Å². The van der Waals surface area contributed by atoms with E-state index < -0.39 is 0 Å². The molecule has 1 amide bonds. The molecule has 120 valence electrons. The van der Waals surface area contributed by atoms with Crippen LogP contribution in [0.3, 0.4) is 0 Å². The number of piperazine rings is 1. The summed E-state index contributed by atoms with van der Waals surface area (Å²) in [6.45, 7) is 5.59. The fraction of sp³-hybridized carbons (Fsp3) is 0.353. The van der Waals surface area contributed by atoms with Crippen molar-refractivity contribution in [3.8, 4) is 11.6 Å². The van der Waals surface area contributed by atoms with Gasteiger partial charge in [0.25, 0.3) is 5.91 Å². The first-order valence-electron chi connectivity index (χ1n) is 7.71. The molecule has 1 aromatic heterocycles. The normalized spacial score (nSPS) is 21.0. The third-order valence-corrected chi connectivity index (χ3v) is 3.69. The molecule has 1 aliphatic heterocycles. The minimum atomic E-state index is 0.0230. The van der Waals surface area contributed by atoms with E-state index in [-0.39, 0.29) is 5.91 Å². The zero-order valence-corrected chi connectivity index (χ0v) is 13.3. The molecule has 3 rings (SSSR count). The lowest BCUT2D eigenvalue weighted by atomic mass is 10.1. The second-order valence-electron chi connectivity index (χ2n) is 5.85. The van der Waals surface area contributed by atoms with Crippen LogP contribution in [0.15, 0.2) is 42.9 Å². The lowest BCUT2D eigenvalue weighted by Crippen LogP contribution is -2.55. The van der Waals surface area contributed by atoms with Crippen LogP contribution in [0.25, 0.3) is 0 Å². The molecule has 1 aliphatic rings. The van der Waals surface area contributed by atoms with Crippen molar-refractivity contribution in [3.05, 3.63) is 48.4 Å². The van der Waals surface area contributed by atoms with Crippen LogP contribution in [0.4, 0.5) is 0 Å². The number of nitrogens with one attached hydrogen (secondary N) is 1. The first-order valence-corrected chi connectivity index (χ1v) is 7.71. The first-order chi connectivity index (χ1) is 11.1. The molecule has 0 unspecified atom stereocenters. The molecule has 0 spiro atoms. The molecule has 0 aliphatic carbocycles. The molecule has 0 saturated carbocycles. The number of rotatable bonds is 3. The number of nitrogens with zero attached hydrogens (tertiary/aromatic N) is 3.